The van der Waals surface area contributed by atoms with Gasteiger partial charge in [0.1, 0.15) is 0 Å². The second-order valence-electron chi connectivity index (χ2n) is 5.13. The molecule has 0 heterocycles. The summed E-state index contributed by atoms with van der Waals surface area (Å²) in [5.41, 5.74) is 1.41. The predicted molar refractivity (Wildman–Crippen MR) is 93.3 cm³/mol. The summed E-state index contributed by atoms with van der Waals surface area (Å²) in [5, 5.41) is 0.506. The van der Waals surface area contributed by atoms with Gasteiger partial charge in [0.05, 0.1) is 0 Å². The van der Waals surface area contributed by atoms with Crippen LogP contribution in [0.4, 0.5) is 0 Å². The Labute approximate surface area is 129 Å². The third-order valence-corrected chi connectivity index (χ3v) is 6.52. The van der Waals surface area contributed by atoms with Gasteiger partial charge in [-0.2, -0.15) is 10.9 Å². The van der Waals surface area contributed by atoms with Crippen LogP contribution < -0.4 is 0 Å². The number of thiol groups is 1. The van der Waals surface area contributed by atoms with Crippen LogP contribution in [-0.4, -0.2) is 0 Å². The molecule has 1 heteroatoms. The Morgan fingerprint density at radius 2 is 0.952 bits per heavy atom. The van der Waals surface area contributed by atoms with Crippen molar-refractivity contribution in [2.45, 2.75) is 22.0 Å². The first-order chi connectivity index (χ1) is 10.4. The maximum Gasteiger partial charge on any atom is 0.0163 e. The largest absolute Gasteiger partial charge is 0.193 e. The second-order valence-corrected chi connectivity index (χ2v) is 7.68. The molecule has 21 heavy (non-hydrogen) atoms. The van der Waals surface area contributed by atoms with Crippen LogP contribution in [0.15, 0.2) is 101 Å². The molecule has 0 spiro atoms. The van der Waals surface area contributed by atoms with E-state index in [9.17, 15) is 0 Å². The van der Waals surface area contributed by atoms with E-state index in [4.69, 9.17) is 0 Å². The number of hydrogen-bond acceptors (Lipinski definition) is 0. The SMILES string of the molecule is CC(c1ccccc1)[SH](c1ccccc1)c1ccccc1. The van der Waals surface area contributed by atoms with Crippen LogP contribution in [0.1, 0.15) is 17.7 Å². The number of rotatable bonds is 4. The van der Waals surface area contributed by atoms with E-state index >= 15 is 0 Å². The van der Waals surface area contributed by atoms with E-state index in [-0.39, 0.29) is 10.9 Å². The van der Waals surface area contributed by atoms with Gasteiger partial charge in [-0.15, -0.1) is 0 Å². The minimum Gasteiger partial charge on any atom is -0.193 e. The van der Waals surface area contributed by atoms with Gasteiger partial charge in [0.2, 0.25) is 0 Å². The van der Waals surface area contributed by atoms with Crippen molar-refractivity contribution >= 4 is 10.9 Å². The zero-order valence-corrected chi connectivity index (χ0v) is 13.1. The van der Waals surface area contributed by atoms with Gasteiger partial charge in [-0.25, -0.2) is 0 Å². The molecule has 3 aromatic carbocycles. The fourth-order valence-electron chi connectivity index (χ4n) is 2.65. The number of hydrogen-bond donors (Lipinski definition) is 1. The lowest BCUT2D eigenvalue weighted by molar-refractivity contribution is 1.07. The van der Waals surface area contributed by atoms with Gasteiger partial charge in [-0.1, -0.05) is 73.7 Å². The average molecular weight is 292 g/mol. The third kappa shape index (κ3) is 3.20. The van der Waals surface area contributed by atoms with Crippen LogP contribution in [0.3, 0.4) is 0 Å². The smallest absolute Gasteiger partial charge is 0.0163 e. The molecule has 106 valence electrons. The van der Waals surface area contributed by atoms with E-state index < -0.39 is 0 Å². The van der Waals surface area contributed by atoms with Gasteiger partial charge in [0.15, 0.2) is 0 Å². The van der Waals surface area contributed by atoms with E-state index in [1.54, 1.807) is 0 Å². The Morgan fingerprint density at radius 3 is 1.38 bits per heavy atom. The van der Waals surface area contributed by atoms with Gasteiger partial charge in [0.25, 0.3) is 0 Å². The van der Waals surface area contributed by atoms with Gasteiger partial charge in [-0.3, -0.25) is 0 Å². The van der Waals surface area contributed by atoms with Crippen LogP contribution in [-0.2, 0) is 0 Å². The van der Waals surface area contributed by atoms with E-state index in [1.165, 1.54) is 15.4 Å². The molecular formula is C20H20S. The first-order valence-corrected chi connectivity index (χ1v) is 8.71. The Balaban J connectivity index is 2.05. The molecule has 1 atom stereocenters. The van der Waals surface area contributed by atoms with E-state index in [2.05, 4.69) is 97.9 Å². The zero-order valence-electron chi connectivity index (χ0n) is 12.2. The first-order valence-electron chi connectivity index (χ1n) is 7.30. The van der Waals surface area contributed by atoms with Crippen molar-refractivity contribution in [1.29, 1.82) is 0 Å². The fraction of sp³-hybridized carbons (Fsp3) is 0.100. The maximum absolute atomic E-state index is 2.35. The van der Waals surface area contributed by atoms with Gasteiger partial charge >= 0.3 is 0 Å². The maximum atomic E-state index is 2.35. The predicted octanol–water partition coefficient (Wildman–Crippen LogP) is 5.87. The molecule has 0 aliphatic rings. The van der Waals surface area contributed by atoms with Crippen LogP contribution in [0.2, 0.25) is 0 Å². The molecule has 0 radical (unpaired) electrons. The monoisotopic (exact) mass is 292 g/mol. The molecule has 0 saturated carbocycles. The summed E-state index contributed by atoms with van der Waals surface area (Å²) >= 11 is 0. The highest BCUT2D eigenvalue weighted by molar-refractivity contribution is 8.17. The molecular weight excluding hydrogens is 272 g/mol. The average Bonchev–Trinajstić information content (AvgIpc) is 2.58. The van der Waals surface area contributed by atoms with E-state index in [0.717, 1.165) is 0 Å². The van der Waals surface area contributed by atoms with E-state index in [1.807, 2.05) is 0 Å². The highest BCUT2D eigenvalue weighted by Gasteiger charge is 2.18. The van der Waals surface area contributed by atoms with Crippen molar-refractivity contribution in [3.05, 3.63) is 96.6 Å². The lowest BCUT2D eigenvalue weighted by atomic mass is 10.2. The Hall–Kier alpha value is -1.99. The standard InChI is InChI=1S/C20H20S/c1-17(18-11-5-2-6-12-18)21(19-13-7-3-8-14-19)20-15-9-4-10-16-20/h2-17,21H,1H3. The molecule has 0 aromatic heterocycles. The minimum atomic E-state index is -0.388. The van der Waals surface area contributed by atoms with Crippen LogP contribution in [0.5, 0.6) is 0 Å². The van der Waals surface area contributed by atoms with Gasteiger partial charge in [0, 0.05) is 5.25 Å². The summed E-state index contributed by atoms with van der Waals surface area (Å²) in [6.07, 6.45) is 0. The minimum absolute atomic E-state index is 0.388. The lowest BCUT2D eigenvalue weighted by Crippen LogP contribution is -1.97. The quantitative estimate of drug-likeness (QED) is 0.571. The fourth-order valence-corrected chi connectivity index (χ4v) is 5.30. The van der Waals surface area contributed by atoms with Gasteiger partial charge < -0.3 is 0 Å². The Kier molecular flexibility index (Phi) is 4.42. The molecule has 3 aromatic rings. The number of benzene rings is 3. The van der Waals surface area contributed by atoms with Crippen LogP contribution >= 0.6 is 10.9 Å². The normalized spacial score (nSPS) is 12.7. The topological polar surface area (TPSA) is 0 Å². The van der Waals surface area contributed by atoms with Crippen molar-refractivity contribution in [2.75, 3.05) is 0 Å². The zero-order chi connectivity index (χ0) is 14.5. The molecule has 1 unspecified atom stereocenters. The highest BCUT2D eigenvalue weighted by atomic mass is 32.2. The highest BCUT2D eigenvalue weighted by Crippen LogP contribution is 2.55. The second kappa shape index (κ2) is 6.64. The molecule has 0 aliphatic carbocycles. The Bertz CT molecular complexity index is 622. The van der Waals surface area contributed by atoms with Crippen molar-refractivity contribution < 1.29 is 0 Å². The molecule has 3 rings (SSSR count). The molecule has 0 aliphatic heterocycles. The molecule has 0 amide bonds. The Morgan fingerprint density at radius 1 is 0.571 bits per heavy atom. The molecule has 0 nitrogen and oxygen atoms in total. The molecule has 0 saturated heterocycles. The summed E-state index contributed by atoms with van der Waals surface area (Å²) in [5.74, 6) is 0. The third-order valence-electron chi connectivity index (χ3n) is 3.74. The van der Waals surface area contributed by atoms with Crippen molar-refractivity contribution in [2.24, 2.45) is 0 Å². The van der Waals surface area contributed by atoms with Crippen LogP contribution in [0, 0.1) is 0 Å². The van der Waals surface area contributed by atoms with Crippen molar-refractivity contribution in [3.63, 3.8) is 0 Å². The summed E-state index contributed by atoms with van der Waals surface area (Å²) in [7, 11) is -0.388. The molecule has 0 bridgehead atoms. The van der Waals surface area contributed by atoms with Crippen molar-refractivity contribution in [1.82, 2.24) is 0 Å². The molecule has 0 N–H and O–H groups in total. The van der Waals surface area contributed by atoms with Crippen LogP contribution in [0.25, 0.3) is 0 Å². The lowest BCUT2D eigenvalue weighted by Gasteiger charge is -2.29. The summed E-state index contributed by atoms with van der Waals surface area (Å²) < 4.78 is 0. The van der Waals surface area contributed by atoms with E-state index in [0.29, 0.717) is 5.25 Å². The van der Waals surface area contributed by atoms with Crippen molar-refractivity contribution in [3.8, 4) is 0 Å². The first kappa shape index (κ1) is 14.0. The van der Waals surface area contributed by atoms with Gasteiger partial charge in [-0.05, 0) is 39.6 Å². The summed E-state index contributed by atoms with van der Waals surface area (Å²) in [6.45, 7) is 2.35. The summed E-state index contributed by atoms with van der Waals surface area (Å²) in [6, 6.07) is 32.6. The molecule has 0 fully saturated rings. The summed E-state index contributed by atoms with van der Waals surface area (Å²) in [4.78, 5) is 2.88.